The summed E-state index contributed by atoms with van der Waals surface area (Å²) in [6.45, 7) is 4.22. The van der Waals surface area contributed by atoms with E-state index in [1.54, 1.807) is 6.07 Å². The van der Waals surface area contributed by atoms with Crippen molar-refractivity contribution in [2.75, 3.05) is 6.61 Å². The molecule has 0 aliphatic heterocycles. The van der Waals surface area contributed by atoms with Gasteiger partial charge in [-0.25, -0.2) is 4.39 Å². The highest BCUT2D eigenvalue weighted by Crippen LogP contribution is 2.17. The van der Waals surface area contributed by atoms with E-state index >= 15 is 0 Å². The molecule has 0 heterocycles. The van der Waals surface area contributed by atoms with Crippen molar-refractivity contribution in [1.29, 1.82) is 0 Å². The number of hydrogen-bond donors (Lipinski definition) is 1. The van der Waals surface area contributed by atoms with E-state index in [1.807, 2.05) is 0 Å². The summed E-state index contributed by atoms with van der Waals surface area (Å²) in [6.07, 6.45) is 0. The molecule has 14 heavy (non-hydrogen) atoms. The minimum Gasteiger partial charge on any atom is -0.488 e. The molecule has 0 radical (unpaired) electrons. The molecule has 0 spiro atoms. The number of ether oxygens (including phenoxy) is 1. The number of benzene rings is 1. The topological polar surface area (TPSA) is 35.2 Å². The normalized spacial score (nSPS) is 9.93. The second-order valence-electron chi connectivity index (χ2n) is 2.81. The van der Waals surface area contributed by atoms with Gasteiger partial charge in [0.25, 0.3) is 0 Å². The monoisotopic (exact) mass is 259 g/mol. The molecule has 2 nitrogen and oxygen atoms in total. The van der Waals surface area contributed by atoms with Gasteiger partial charge in [-0.2, -0.15) is 0 Å². The third-order valence-electron chi connectivity index (χ3n) is 1.56. The third kappa shape index (κ3) is 3.47. The van der Waals surface area contributed by atoms with E-state index < -0.39 is 0 Å². The molecule has 0 fully saturated rings. The van der Waals surface area contributed by atoms with Gasteiger partial charge >= 0.3 is 0 Å². The first-order valence-corrected chi connectivity index (χ1v) is 4.86. The van der Waals surface area contributed by atoms with Gasteiger partial charge in [-0.3, -0.25) is 0 Å². The number of halogens is 2. The summed E-state index contributed by atoms with van der Waals surface area (Å²) in [5, 5.41) is 0. The molecule has 1 rings (SSSR count). The Labute approximate surface area is 90.7 Å². The van der Waals surface area contributed by atoms with Crippen molar-refractivity contribution < 1.29 is 9.13 Å². The second kappa shape index (κ2) is 5.12. The van der Waals surface area contributed by atoms with Crippen LogP contribution in [0.4, 0.5) is 4.39 Å². The van der Waals surface area contributed by atoms with Gasteiger partial charge in [0.15, 0.2) is 0 Å². The van der Waals surface area contributed by atoms with Crippen LogP contribution in [0, 0.1) is 5.82 Å². The first-order valence-electron chi connectivity index (χ1n) is 4.07. The van der Waals surface area contributed by atoms with Crippen molar-refractivity contribution in [2.45, 2.75) is 6.54 Å². The van der Waals surface area contributed by atoms with Crippen LogP contribution < -0.4 is 10.5 Å². The summed E-state index contributed by atoms with van der Waals surface area (Å²) in [7, 11) is 0. The quantitative estimate of drug-likeness (QED) is 0.902. The van der Waals surface area contributed by atoms with E-state index in [0.29, 0.717) is 28.9 Å². The molecule has 0 aliphatic carbocycles. The second-order valence-corrected chi connectivity index (χ2v) is 3.93. The van der Waals surface area contributed by atoms with Gasteiger partial charge in [0.1, 0.15) is 18.2 Å². The van der Waals surface area contributed by atoms with Crippen LogP contribution in [0.25, 0.3) is 0 Å². The molecule has 1 aromatic carbocycles. The maximum absolute atomic E-state index is 13.0. The highest BCUT2D eigenvalue weighted by molar-refractivity contribution is 9.11. The van der Waals surface area contributed by atoms with Gasteiger partial charge in [-0.05, 0) is 17.7 Å². The summed E-state index contributed by atoms with van der Waals surface area (Å²) in [5.41, 5.74) is 6.10. The lowest BCUT2D eigenvalue weighted by molar-refractivity contribution is 0.358. The molecule has 0 bridgehead atoms. The predicted molar refractivity (Wildman–Crippen MR) is 57.9 cm³/mol. The van der Waals surface area contributed by atoms with Gasteiger partial charge in [0.2, 0.25) is 0 Å². The Hall–Kier alpha value is -0.870. The Morgan fingerprint density at radius 2 is 2.21 bits per heavy atom. The molecule has 0 atom stereocenters. The molecular formula is C10H11BrFNO. The van der Waals surface area contributed by atoms with Gasteiger partial charge < -0.3 is 10.5 Å². The fraction of sp³-hybridized carbons (Fsp3) is 0.200. The Kier molecular flexibility index (Phi) is 4.10. The lowest BCUT2D eigenvalue weighted by Crippen LogP contribution is -2.00. The van der Waals surface area contributed by atoms with Gasteiger partial charge in [0.05, 0.1) is 0 Å². The number of hydrogen-bond acceptors (Lipinski definition) is 2. The van der Waals surface area contributed by atoms with Crippen molar-refractivity contribution in [3.63, 3.8) is 0 Å². The van der Waals surface area contributed by atoms with Crippen molar-refractivity contribution in [3.8, 4) is 5.75 Å². The summed E-state index contributed by atoms with van der Waals surface area (Å²) in [5.74, 6) is 0.120. The molecule has 0 amide bonds. The summed E-state index contributed by atoms with van der Waals surface area (Å²) in [6, 6.07) is 4.41. The summed E-state index contributed by atoms with van der Waals surface area (Å²) >= 11 is 3.15. The van der Waals surface area contributed by atoms with Crippen LogP contribution in [0.15, 0.2) is 29.3 Å². The number of rotatable bonds is 4. The largest absolute Gasteiger partial charge is 0.488 e. The fourth-order valence-electron chi connectivity index (χ4n) is 0.984. The molecule has 0 aromatic heterocycles. The summed E-state index contributed by atoms with van der Waals surface area (Å²) < 4.78 is 18.9. The average molecular weight is 260 g/mol. The molecule has 4 heteroatoms. The Morgan fingerprint density at radius 3 is 2.79 bits per heavy atom. The Morgan fingerprint density at radius 1 is 1.50 bits per heavy atom. The standard InChI is InChI=1S/C10H11BrFNO/c1-7(11)6-14-10-3-8(5-13)2-9(12)4-10/h2-4H,1,5-6,13H2. The zero-order valence-corrected chi connectivity index (χ0v) is 9.18. The highest BCUT2D eigenvalue weighted by Gasteiger charge is 2.00. The van der Waals surface area contributed by atoms with Crippen molar-refractivity contribution in [1.82, 2.24) is 0 Å². The van der Waals surface area contributed by atoms with Gasteiger partial charge in [-0.15, -0.1) is 0 Å². The van der Waals surface area contributed by atoms with Crippen LogP contribution in [0.2, 0.25) is 0 Å². The van der Waals surface area contributed by atoms with E-state index in [2.05, 4.69) is 22.5 Å². The summed E-state index contributed by atoms with van der Waals surface area (Å²) in [4.78, 5) is 0. The lowest BCUT2D eigenvalue weighted by Gasteiger charge is -2.06. The first-order chi connectivity index (χ1) is 6.61. The highest BCUT2D eigenvalue weighted by atomic mass is 79.9. The molecule has 0 aliphatic rings. The molecule has 0 unspecified atom stereocenters. The predicted octanol–water partition coefficient (Wildman–Crippen LogP) is 2.57. The van der Waals surface area contributed by atoms with E-state index in [0.717, 1.165) is 0 Å². The van der Waals surface area contributed by atoms with Crippen LogP contribution in [-0.2, 0) is 6.54 Å². The van der Waals surface area contributed by atoms with Crippen molar-refractivity contribution in [2.24, 2.45) is 5.73 Å². The molecule has 76 valence electrons. The van der Waals surface area contributed by atoms with Crippen LogP contribution in [0.1, 0.15) is 5.56 Å². The van der Waals surface area contributed by atoms with Crippen LogP contribution in [-0.4, -0.2) is 6.61 Å². The average Bonchev–Trinajstić information content (AvgIpc) is 2.14. The van der Waals surface area contributed by atoms with Crippen LogP contribution in [0.5, 0.6) is 5.75 Å². The van der Waals surface area contributed by atoms with Crippen LogP contribution in [0.3, 0.4) is 0 Å². The molecular weight excluding hydrogens is 249 g/mol. The molecule has 0 saturated heterocycles. The van der Waals surface area contributed by atoms with E-state index in [9.17, 15) is 4.39 Å². The third-order valence-corrected chi connectivity index (χ3v) is 1.79. The minimum atomic E-state index is -0.344. The zero-order valence-electron chi connectivity index (χ0n) is 7.59. The fourth-order valence-corrected chi connectivity index (χ4v) is 1.10. The van der Waals surface area contributed by atoms with E-state index in [-0.39, 0.29) is 5.82 Å². The van der Waals surface area contributed by atoms with Gasteiger partial charge in [0, 0.05) is 17.1 Å². The maximum atomic E-state index is 13.0. The van der Waals surface area contributed by atoms with Crippen molar-refractivity contribution in [3.05, 3.63) is 40.6 Å². The molecule has 2 N–H and O–H groups in total. The zero-order chi connectivity index (χ0) is 10.6. The minimum absolute atomic E-state index is 0.295. The Balaban J connectivity index is 2.76. The lowest BCUT2D eigenvalue weighted by atomic mass is 10.2. The smallest absolute Gasteiger partial charge is 0.127 e. The van der Waals surface area contributed by atoms with Crippen molar-refractivity contribution >= 4 is 15.9 Å². The maximum Gasteiger partial charge on any atom is 0.127 e. The van der Waals surface area contributed by atoms with Gasteiger partial charge in [-0.1, -0.05) is 22.5 Å². The first kappa shape index (κ1) is 11.2. The molecule has 1 aromatic rings. The van der Waals surface area contributed by atoms with Crippen LogP contribution >= 0.6 is 15.9 Å². The SMILES string of the molecule is C=C(Br)COc1cc(F)cc(CN)c1. The van der Waals surface area contributed by atoms with E-state index in [1.165, 1.54) is 12.1 Å². The number of nitrogens with two attached hydrogens (primary N) is 1. The van der Waals surface area contributed by atoms with E-state index in [4.69, 9.17) is 10.5 Å². The Bertz CT molecular complexity index is 341. The molecule has 0 saturated carbocycles.